The first kappa shape index (κ1) is 15.5. The summed E-state index contributed by atoms with van der Waals surface area (Å²) >= 11 is 7.21. The summed E-state index contributed by atoms with van der Waals surface area (Å²) in [5.74, 6) is -0.766. The summed E-state index contributed by atoms with van der Waals surface area (Å²) in [6, 6.07) is 1.68. The van der Waals surface area contributed by atoms with Crippen LogP contribution in [0.2, 0.25) is 5.02 Å². The molecule has 0 saturated carbocycles. The Morgan fingerprint density at radius 1 is 1.48 bits per heavy atom. The Labute approximate surface area is 130 Å². The number of anilines is 1. The summed E-state index contributed by atoms with van der Waals surface area (Å²) in [7, 11) is 1.30. The second kappa shape index (κ2) is 6.28. The van der Waals surface area contributed by atoms with Gasteiger partial charge in [-0.15, -0.1) is 11.3 Å². The van der Waals surface area contributed by atoms with Crippen LogP contribution in [0.4, 0.5) is 5.00 Å². The molecule has 1 amide bonds. The molecule has 0 aliphatic rings. The summed E-state index contributed by atoms with van der Waals surface area (Å²) in [4.78, 5) is 24.6. The van der Waals surface area contributed by atoms with E-state index in [9.17, 15) is 9.59 Å². The van der Waals surface area contributed by atoms with Crippen molar-refractivity contribution in [2.75, 3.05) is 12.4 Å². The van der Waals surface area contributed by atoms with Crippen molar-refractivity contribution in [2.24, 2.45) is 0 Å². The lowest BCUT2D eigenvalue weighted by Gasteiger charge is -2.06. The maximum atomic E-state index is 12.1. The predicted octanol–water partition coefficient (Wildman–Crippen LogP) is 2.64. The van der Waals surface area contributed by atoms with Gasteiger partial charge in [0.25, 0.3) is 0 Å². The zero-order valence-corrected chi connectivity index (χ0v) is 13.3. The van der Waals surface area contributed by atoms with Gasteiger partial charge in [0.15, 0.2) is 0 Å². The zero-order chi connectivity index (χ0) is 15.6. The Hall–Kier alpha value is -1.86. The normalized spacial score (nSPS) is 10.5. The van der Waals surface area contributed by atoms with Crippen molar-refractivity contribution in [3.8, 4) is 0 Å². The highest BCUT2D eigenvalue weighted by Gasteiger charge is 2.18. The number of hydrogen-bond donors (Lipinski definition) is 1. The van der Waals surface area contributed by atoms with E-state index in [0.29, 0.717) is 21.3 Å². The van der Waals surface area contributed by atoms with Crippen LogP contribution >= 0.6 is 22.9 Å². The van der Waals surface area contributed by atoms with E-state index in [1.54, 1.807) is 13.0 Å². The Balaban J connectivity index is 2.13. The molecule has 1 N–H and O–H groups in total. The summed E-state index contributed by atoms with van der Waals surface area (Å²) in [5, 5.41) is 7.69. The van der Waals surface area contributed by atoms with E-state index < -0.39 is 5.97 Å². The zero-order valence-electron chi connectivity index (χ0n) is 11.8. The summed E-state index contributed by atoms with van der Waals surface area (Å²) in [6.07, 6.45) is 1.49. The monoisotopic (exact) mass is 327 g/mol. The van der Waals surface area contributed by atoms with Crippen LogP contribution < -0.4 is 5.32 Å². The van der Waals surface area contributed by atoms with Crippen molar-refractivity contribution in [3.63, 3.8) is 0 Å². The number of hydrogen-bond acceptors (Lipinski definition) is 5. The number of thiophene rings is 1. The number of carbonyl (C=O) groups excluding carboxylic acids is 2. The minimum Gasteiger partial charge on any atom is -0.465 e. The fourth-order valence-electron chi connectivity index (χ4n) is 1.75. The van der Waals surface area contributed by atoms with Crippen molar-refractivity contribution in [1.82, 2.24) is 9.78 Å². The largest absolute Gasteiger partial charge is 0.465 e. The van der Waals surface area contributed by atoms with Gasteiger partial charge in [-0.25, -0.2) is 4.79 Å². The van der Waals surface area contributed by atoms with Gasteiger partial charge in [0.2, 0.25) is 5.91 Å². The molecule has 0 radical (unpaired) electrons. The summed E-state index contributed by atoms with van der Waals surface area (Å²) in [5.41, 5.74) is 1.06. The lowest BCUT2D eigenvalue weighted by atomic mass is 10.3. The van der Waals surface area contributed by atoms with E-state index in [1.165, 1.54) is 29.3 Å². The minimum atomic E-state index is -0.479. The molecule has 0 fully saturated rings. The molecule has 0 spiro atoms. The molecule has 21 heavy (non-hydrogen) atoms. The summed E-state index contributed by atoms with van der Waals surface area (Å²) < 4.78 is 6.19. The average Bonchev–Trinajstić information content (AvgIpc) is 2.95. The number of aryl methyl sites for hydroxylation is 1. The fraction of sp³-hybridized carbons (Fsp3) is 0.308. The second-order valence-corrected chi connectivity index (χ2v) is 6.04. The molecule has 112 valence electrons. The quantitative estimate of drug-likeness (QED) is 0.876. The van der Waals surface area contributed by atoms with Crippen LogP contribution in [-0.2, 0) is 16.1 Å². The van der Waals surface area contributed by atoms with Gasteiger partial charge in [-0.3, -0.25) is 9.48 Å². The molecule has 2 aromatic heterocycles. The molecule has 0 saturated heterocycles. The summed E-state index contributed by atoms with van der Waals surface area (Å²) in [6.45, 7) is 3.65. The Morgan fingerprint density at radius 3 is 2.76 bits per heavy atom. The van der Waals surface area contributed by atoms with Crippen LogP contribution in [0.3, 0.4) is 0 Å². The highest BCUT2D eigenvalue weighted by molar-refractivity contribution is 7.16. The van der Waals surface area contributed by atoms with E-state index >= 15 is 0 Å². The first-order chi connectivity index (χ1) is 9.92. The van der Waals surface area contributed by atoms with Gasteiger partial charge in [0, 0.05) is 4.88 Å². The van der Waals surface area contributed by atoms with Gasteiger partial charge in [0.05, 0.1) is 29.6 Å². The number of amides is 1. The van der Waals surface area contributed by atoms with Crippen molar-refractivity contribution >= 4 is 39.8 Å². The van der Waals surface area contributed by atoms with Crippen LogP contribution in [0.1, 0.15) is 20.9 Å². The lowest BCUT2D eigenvalue weighted by Crippen LogP contribution is -2.20. The molecule has 2 heterocycles. The molecule has 0 atom stereocenters. The molecule has 2 aromatic rings. The molecule has 0 aromatic carbocycles. The second-order valence-electron chi connectivity index (χ2n) is 4.38. The van der Waals surface area contributed by atoms with E-state index in [2.05, 4.69) is 10.4 Å². The van der Waals surface area contributed by atoms with E-state index in [-0.39, 0.29) is 12.5 Å². The Kier molecular flexibility index (Phi) is 4.64. The van der Waals surface area contributed by atoms with Gasteiger partial charge >= 0.3 is 5.97 Å². The number of rotatable bonds is 4. The maximum absolute atomic E-state index is 12.1. The molecule has 8 heteroatoms. The molecule has 0 unspecified atom stereocenters. The van der Waals surface area contributed by atoms with Crippen LogP contribution in [0.25, 0.3) is 0 Å². The SMILES string of the molecule is COC(=O)c1cc(C)sc1NC(=O)Cn1ncc(Cl)c1C. The van der Waals surface area contributed by atoms with Crippen molar-refractivity contribution in [3.05, 3.63) is 33.4 Å². The third-order valence-electron chi connectivity index (χ3n) is 2.85. The van der Waals surface area contributed by atoms with Crippen LogP contribution in [-0.4, -0.2) is 28.8 Å². The average molecular weight is 328 g/mol. The van der Waals surface area contributed by atoms with Crippen molar-refractivity contribution in [2.45, 2.75) is 20.4 Å². The number of aromatic nitrogens is 2. The van der Waals surface area contributed by atoms with Crippen LogP contribution in [0.15, 0.2) is 12.3 Å². The predicted molar refractivity (Wildman–Crippen MR) is 81.0 cm³/mol. The first-order valence-corrected chi connectivity index (χ1v) is 7.28. The molecular weight excluding hydrogens is 314 g/mol. The minimum absolute atomic E-state index is 0.0239. The van der Waals surface area contributed by atoms with Crippen LogP contribution in [0.5, 0.6) is 0 Å². The van der Waals surface area contributed by atoms with E-state index in [1.807, 2.05) is 6.92 Å². The lowest BCUT2D eigenvalue weighted by molar-refractivity contribution is -0.116. The third-order valence-corrected chi connectivity index (χ3v) is 4.19. The van der Waals surface area contributed by atoms with Gasteiger partial charge in [0.1, 0.15) is 11.5 Å². The highest BCUT2D eigenvalue weighted by atomic mass is 35.5. The third kappa shape index (κ3) is 3.43. The number of methoxy groups -OCH3 is 1. The van der Waals surface area contributed by atoms with Crippen molar-refractivity contribution in [1.29, 1.82) is 0 Å². The number of nitrogens with zero attached hydrogens (tertiary/aromatic N) is 2. The van der Waals surface area contributed by atoms with Gasteiger partial charge < -0.3 is 10.1 Å². The number of esters is 1. The number of carbonyl (C=O) groups is 2. The van der Waals surface area contributed by atoms with Crippen LogP contribution in [0, 0.1) is 13.8 Å². The number of halogens is 1. The number of ether oxygens (including phenoxy) is 1. The van der Waals surface area contributed by atoms with Crippen molar-refractivity contribution < 1.29 is 14.3 Å². The molecule has 0 aliphatic heterocycles. The van der Waals surface area contributed by atoms with Gasteiger partial charge in [-0.05, 0) is 19.9 Å². The topological polar surface area (TPSA) is 73.2 Å². The van der Waals surface area contributed by atoms with E-state index in [4.69, 9.17) is 16.3 Å². The number of nitrogens with one attached hydrogen (secondary N) is 1. The van der Waals surface area contributed by atoms with Gasteiger partial charge in [-0.2, -0.15) is 5.10 Å². The van der Waals surface area contributed by atoms with E-state index in [0.717, 1.165) is 4.88 Å². The first-order valence-electron chi connectivity index (χ1n) is 6.09. The fourth-order valence-corrected chi connectivity index (χ4v) is 2.81. The smallest absolute Gasteiger partial charge is 0.340 e. The molecule has 0 aliphatic carbocycles. The van der Waals surface area contributed by atoms with Gasteiger partial charge in [-0.1, -0.05) is 11.6 Å². The molecular formula is C13H14ClN3O3S. The highest BCUT2D eigenvalue weighted by Crippen LogP contribution is 2.28. The maximum Gasteiger partial charge on any atom is 0.340 e. The standard InChI is InChI=1S/C13H14ClN3O3S/c1-7-4-9(13(19)20-3)12(21-7)16-11(18)6-17-8(2)10(14)5-15-17/h4-5H,6H2,1-3H3,(H,16,18). The Bertz CT molecular complexity index is 693. The molecule has 2 rings (SSSR count). The molecule has 0 bridgehead atoms. The molecule has 6 nitrogen and oxygen atoms in total. The Morgan fingerprint density at radius 2 is 2.19 bits per heavy atom.